The molecular formula is C12H12O5-2. The van der Waals surface area contributed by atoms with E-state index in [1.807, 2.05) is 0 Å². The van der Waals surface area contributed by atoms with E-state index in [4.69, 9.17) is 0 Å². The van der Waals surface area contributed by atoms with Crippen LogP contribution in [-0.2, 0) is 5.60 Å². The minimum Gasteiger partial charge on any atom is -0.545 e. The predicted octanol–water partition coefficient (Wildman–Crippen LogP) is -0.969. The third-order valence-electron chi connectivity index (χ3n) is 2.76. The maximum Gasteiger partial charge on any atom is 0.0872 e. The van der Waals surface area contributed by atoms with Crippen LogP contribution >= 0.6 is 0 Å². The molecule has 0 aromatic heterocycles. The average Bonchev–Trinajstić information content (AvgIpc) is 2.27. The molecule has 0 aliphatic heterocycles. The maximum absolute atomic E-state index is 11.0. The molecule has 1 aromatic rings. The Labute approximate surface area is 98.3 Å². The number of carbonyl (C=O) groups excluding carboxylic acids is 2. The van der Waals surface area contributed by atoms with Crippen LogP contribution in [0.4, 0.5) is 0 Å². The van der Waals surface area contributed by atoms with Crippen molar-refractivity contribution in [2.24, 2.45) is 0 Å². The minimum absolute atomic E-state index is 0.0155. The van der Waals surface area contributed by atoms with Crippen molar-refractivity contribution in [1.82, 2.24) is 0 Å². The molecule has 0 bridgehead atoms. The number of carbonyl (C=O) groups is 2. The fourth-order valence-corrected chi connectivity index (χ4v) is 1.58. The van der Waals surface area contributed by atoms with Gasteiger partial charge in [0, 0.05) is 11.1 Å². The summed E-state index contributed by atoms with van der Waals surface area (Å²) in [6.45, 7) is 3.07. The Balaban J connectivity index is 3.57. The first kappa shape index (κ1) is 13.2. The van der Waals surface area contributed by atoms with E-state index in [2.05, 4.69) is 0 Å². The molecule has 1 aromatic carbocycles. The molecule has 0 fully saturated rings. The zero-order chi connectivity index (χ0) is 13.2. The van der Waals surface area contributed by atoms with Gasteiger partial charge in [-0.15, -0.1) is 0 Å². The molecule has 5 heteroatoms. The molecule has 0 aliphatic rings. The van der Waals surface area contributed by atoms with Crippen LogP contribution < -0.4 is 10.2 Å². The van der Waals surface area contributed by atoms with Gasteiger partial charge >= 0.3 is 0 Å². The largest absolute Gasteiger partial charge is 0.545 e. The van der Waals surface area contributed by atoms with Gasteiger partial charge in [-0.25, -0.2) is 0 Å². The molecule has 0 saturated carbocycles. The minimum atomic E-state index is -1.64. The summed E-state index contributed by atoms with van der Waals surface area (Å²) in [4.78, 5) is 21.8. The number of carboxylic acids is 2. The summed E-state index contributed by atoms with van der Waals surface area (Å²) in [5, 5.41) is 31.8. The molecule has 0 radical (unpaired) electrons. The highest BCUT2D eigenvalue weighted by molar-refractivity contribution is 6.01. The third-order valence-corrected chi connectivity index (χ3v) is 2.76. The van der Waals surface area contributed by atoms with Gasteiger partial charge in [0.1, 0.15) is 0 Å². The zero-order valence-corrected chi connectivity index (χ0v) is 9.52. The lowest BCUT2D eigenvalue weighted by molar-refractivity contribution is -0.259. The predicted molar refractivity (Wildman–Crippen MR) is 55.0 cm³/mol. The van der Waals surface area contributed by atoms with Gasteiger partial charge in [-0.3, -0.25) is 0 Å². The highest BCUT2D eigenvalue weighted by atomic mass is 16.4. The Hall–Kier alpha value is -1.88. The van der Waals surface area contributed by atoms with Crippen molar-refractivity contribution in [3.63, 3.8) is 0 Å². The molecule has 1 atom stereocenters. The monoisotopic (exact) mass is 236 g/mol. The normalized spacial score (nSPS) is 14.1. The number of aliphatic hydroxyl groups is 1. The van der Waals surface area contributed by atoms with E-state index in [1.165, 1.54) is 19.1 Å². The summed E-state index contributed by atoms with van der Waals surface area (Å²) in [5.74, 6) is -3.26. The van der Waals surface area contributed by atoms with E-state index >= 15 is 0 Å². The molecular weight excluding hydrogens is 224 g/mol. The molecule has 0 aliphatic carbocycles. The van der Waals surface area contributed by atoms with Gasteiger partial charge in [0.15, 0.2) is 0 Å². The Kier molecular flexibility index (Phi) is 3.53. The van der Waals surface area contributed by atoms with Crippen molar-refractivity contribution in [1.29, 1.82) is 0 Å². The van der Waals surface area contributed by atoms with E-state index in [1.54, 1.807) is 6.92 Å². The molecule has 0 spiro atoms. The van der Waals surface area contributed by atoms with Crippen LogP contribution in [0.2, 0.25) is 0 Å². The summed E-state index contributed by atoms with van der Waals surface area (Å²) in [6.07, 6.45) is 0.240. The number of aromatic carboxylic acids is 2. The van der Waals surface area contributed by atoms with Crippen LogP contribution in [-0.4, -0.2) is 17.0 Å². The van der Waals surface area contributed by atoms with Gasteiger partial charge < -0.3 is 24.9 Å². The SMILES string of the molecule is CCC(C)(O)c1cccc(C(=O)[O-])c1C(=O)[O-]. The molecule has 1 unspecified atom stereocenters. The van der Waals surface area contributed by atoms with Gasteiger partial charge in [-0.2, -0.15) is 0 Å². The number of benzene rings is 1. The first-order chi connectivity index (χ1) is 7.81. The molecule has 0 saturated heterocycles. The van der Waals surface area contributed by atoms with E-state index < -0.39 is 28.7 Å². The van der Waals surface area contributed by atoms with Crippen LogP contribution in [0.25, 0.3) is 0 Å². The van der Waals surface area contributed by atoms with Crippen LogP contribution in [0.1, 0.15) is 46.5 Å². The quantitative estimate of drug-likeness (QED) is 0.725. The van der Waals surface area contributed by atoms with E-state index in [-0.39, 0.29) is 12.0 Å². The summed E-state index contributed by atoms with van der Waals surface area (Å²) in [6, 6.07) is 3.83. The van der Waals surface area contributed by atoms with Crippen LogP contribution in [0.3, 0.4) is 0 Å². The molecule has 1 N–H and O–H groups in total. The van der Waals surface area contributed by atoms with Gasteiger partial charge in [-0.05, 0) is 18.9 Å². The number of hydrogen-bond donors (Lipinski definition) is 1. The lowest BCUT2D eigenvalue weighted by Gasteiger charge is -2.27. The van der Waals surface area contributed by atoms with Crippen molar-refractivity contribution < 1.29 is 24.9 Å². The Morgan fingerprint density at radius 2 is 1.88 bits per heavy atom. The van der Waals surface area contributed by atoms with E-state index in [0.29, 0.717) is 0 Å². The standard InChI is InChI=1S/C12H14O5/c1-3-12(2,17)8-6-4-5-7(10(13)14)9(8)11(15)16/h4-6,17H,3H2,1-2H3,(H,13,14)(H,15,16)/p-2. The second-order valence-electron chi connectivity index (χ2n) is 3.93. The maximum atomic E-state index is 11.0. The fourth-order valence-electron chi connectivity index (χ4n) is 1.58. The van der Waals surface area contributed by atoms with Gasteiger partial charge in [0.25, 0.3) is 0 Å². The average molecular weight is 236 g/mol. The van der Waals surface area contributed by atoms with E-state index in [9.17, 15) is 24.9 Å². The van der Waals surface area contributed by atoms with Crippen molar-refractivity contribution in [3.05, 3.63) is 34.9 Å². The number of carboxylic acid groups (broad SMARTS) is 2. The van der Waals surface area contributed by atoms with Crippen molar-refractivity contribution in [2.75, 3.05) is 0 Å². The summed E-state index contributed by atoms with van der Waals surface area (Å²) in [7, 11) is 0. The number of rotatable bonds is 4. The highest BCUT2D eigenvalue weighted by Gasteiger charge is 2.25. The van der Waals surface area contributed by atoms with Gasteiger partial charge in [-0.1, -0.05) is 25.1 Å². The smallest absolute Gasteiger partial charge is 0.0872 e. The lowest BCUT2D eigenvalue weighted by Crippen LogP contribution is -2.34. The first-order valence-corrected chi connectivity index (χ1v) is 5.09. The fraction of sp³-hybridized carbons (Fsp3) is 0.333. The molecule has 5 nitrogen and oxygen atoms in total. The molecule has 0 amide bonds. The third kappa shape index (κ3) is 2.45. The Morgan fingerprint density at radius 3 is 2.29 bits per heavy atom. The second kappa shape index (κ2) is 4.55. The van der Waals surface area contributed by atoms with Gasteiger partial charge in [0.05, 0.1) is 17.5 Å². The van der Waals surface area contributed by atoms with Crippen LogP contribution in [0.15, 0.2) is 18.2 Å². The second-order valence-corrected chi connectivity index (χ2v) is 3.93. The molecule has 1 rings (SSSR count). The Bertz CT molecular complexity index is 462. The lowest BCUT2D eigenvalue weighted by atomic mass is 9.87. The van der Waals surface area contributed by atoms with Crippen LogP contribution in [0.5, 0.6) is 0 Å². The number of hydrogen-bond acceptors (Lipinski definition) is 5. The topological polar surface area (TPSA) is 100 Å². The molecule has 0 heterocycles. The van der Waals surface area contributed by atoms with Crippen LogP contribution in [0, 0.1) is 0 Å². The first-order valence-electron chi connectivity index (χ1n) is 5.09. The van der Waals surface area contributed by atoms with Crippen molar-refractivity contribution >= 4 is 11.9 Å². The summed E-state index contributed by atoms with van der Waals surface area (Å²) < 4.78 is 0. The van der Waals surface area contributed by atoms with Crippen molar-refractivity contribution in [2.45, 2.75) is 25.9 Å². The molecule has 17 heavy (non-hydrogen) atoms. The molecule has 92 valence electrons. The highest BCUT2D eigenvalue weighted by Crippen LogP contribution is 2.28. The summed E-state index contributed by atoms with van der Waals surface area (Å²) >= 11 is 0. The van der Waals surface area contributed by atoms with Crippen molar-refractivity contribution in [3.8, 4) is 0 Å². The zero-order valence-electron chi connectivity index (χ0n) is 9.52. The van der Waals surface area contributed by atoms with Gasteiger partial charge in [0.2, 0.25) is 0 Å². The van der Waals surface area contributed by atoms with E-state index in [0.717, 1.165) is 6.07 Å². The Morgan fingerprint density at radius 1 is 1.29 bits per heavy atom. The summed E-state index contributed by atoms with van der Waals surface area (Å²) in [5.41, 5.74) is -2.43.